The van der Waals surface area contributed by atoms with E-state index in [0.29, 0.717) is 19.5 Å². The minimum Gasteiger partial charge on any atom is -0.481 e. The van der Waals surface area contributed by atoms with Gasteiger partial charge in [-0.25, -0.2) is 4.39 Å². The molecule has 4 nitrogen and oxygen atoms in total. The van der Waals surface area contributed by atoms with Crippen molar-refractivity contribution >= 4 is 5.97 Å². The van der Waals surface area contributed by atoms with Gasteiger partial charge in [-0.15, -0.1) is 0 Å². The van der Waals surface area contributed by atoms with Crippen molar-refractivity contribution in [2.24, 2.45) is 11.8 Å². The van der Waals surface area contributed by atoms with Gasteiger partial charge in [0.05, 0.1) is 11.5 Å². The molecule has 1 N–H and O–H groups in total. The highest BCUT2D eigenvalue weighted by Gasteiger charge is 2.52. The molecule has 0 bridgehead atoms. The van der Waals surface area contributed by atoms with Gasteiger partial charge < -0.3 is 5.11 Å². The summed E-state index contributed by atoms with van der Waals surface area (Å²) in [6, 6.07) is 18.7. The van der Waals surface area contributed by atoms with Gasteiger partial charge in [0.1, 0.15) is 5.82 Å². The molecule has 31 heavy (non-hydrogen) atoms. The number of carbonyl (C=O) groups is 1. The maximum absolute atomic E-state index is 13.7. The number of halogens is 1. The lowest BCUT2D eigenvalue weighted by atomic mass is 9.64. The van der Waals surface area contributed by atoms with Crippen LogP contribution in [-0.2, 0) is 15.7 Å². The second-order valence-electron chi connectivity index (χ2n) is 9.18. The van der Waals surface area contributed by atoms with E-state index < -0.39 is 11.4 Å². The standard InChI is InChI=1S/C26H29FN2O2/c1-19-18-29(16-15-26(19,24(30)31)22-5-3-2-4-6-22)25(13-11-20(17-28)12-14-25)21-7-9-23(27)10-8-21/h2-10,19-20H,11-16,18H2,1H3,(H,30,31)/t19-,20?,25?,26-/m1/s1. The van der Waals surface area contributed by atoms with Gasteiger partial charge in [-0.2, -0.15) is 5.26 Å². The molecular formula is C26H29FN2O2. The lowest BCUT2D eigenvalue weighted by Gasteiger charge is -2.54. The van der Waals surface area contributed by atoms with Crippen LogP contribution < -0.4 is 0 Å². The summed E-state index contributed by atoms with van der Waals surface area (Å²) in [6.07, 6.45) is 3.80. The summed E-state index contributed by atoms with van der Waals surface area (Å²) in [5.74, 6) is -1.06. The number of benzene rings is 2. The fourth-order valence-electron chi connectivity index (χ4n) is 5.90. The molecule has 2 aromatic carbocycles. The number of rotatable bonds is 4. The van der Waals surface area contributed by atoms with Crippen molar-refractivity contribution in [2.75, 3.05) is 13.1 Å². The van der Waals surface area contributed by atoms with E-state index in [0.717, 1.165) is 36.8 Å². The minimum absolute atomic E-state index is 0.0539. The zero-order valence-electron chi connectivity index (χ0n) is 17.9. The number of carboxylic acid groups (broad SMARTS) is 1. The fraction of sp³-hybridized carbons (Fsp3) is 0.462. The highest BCUT2D eigenvalue weighted by atomic mass is 19.1. The Labute approximate surface area is 183 Å². The van der Waals surface area contributed by atoms with Crippen LogP contribution in [0.4, 0.5) is 4.39 Å². The van der Waals surface area contributed by atoms with Crippen LogP contribution in [0.15, 0.2) is 54.6 Å². The topological polar surface area (TPSA) is 64.3 Å². The second kappa shape index (κ2) is 8.43. The molecule has 1 saturated carbocycles. The Morgan fingerprint density at radius 3 is 2.26 bits per heavy atom. The Morgan fingerprint density at radius 1 is 1.06 bits per heavy atom. The SMILES string of the molecule is C[C@@H]1CN(C2(c3ccc(F)cc3)CCC(C#N)CC2)CC[C@]1(C(=O)O)c1ccccc1. The predicted molar refractivity (Wildman–Crippen MR) is 117 cm³/mol. The second-order valence-corrected chi connectivity index (χ2v) is 9.18. The highest BCUT2D eigenvalue weighted by molar-refractivity contribution is 5.82. The molecule has 0 spiro atoms. The zero-order valence-corrected chi connectivity index (χ0v) is 17.9. The van der Waals surface area contributed by atoms with Gasteiger partial charge in [-0.3, -0.25) is 9.69 Å². The van der Waals surface area contributed by atoms with Crippen LogP contribution in [0, 0.1) is 29.0 Å². The van der Waals surface area contributed by atoms with Crippen LogP contribution in [-0.4, -0.2) is 29.1 Å². The Kier molecular flexibility index (Phi) is 5.85. The van der Waals surface area contributed by atoms with Crippen LogP contribution in [0.1, 0.15) is 50.2 Å². The van der Waals surface area contributed by atoms with Crippen molar-refractivity contribution in [1.29, 1.82) is 5.26 Å². The minimum atomic E-state index is -0.911. The van der Waals surface area contributed by atoms with E-state index in [1.165, 1.54) is 12.1 Å². The fourth-order valence-corrected chi connectivity index (χ4v) is 5.90. The molecule has 2 fully saturated rings. The number of aliphatic carboxylic acids is 1. The van der Waals surface area contributed by atoms with Crippen LogP contribution in [0.5, 0.6) is 0 Å². The Balaban J connectivity index is 1.68. The van der Waals surface area contributed by atoms with E-state index in [1.54, 1.807) is 0 Å². The third-order valence-electron chi connectivity index (χ3n) is 7.76. The van der Waals surface area contributed by atoms with Crippen LogP contribution in [0.2, 0.25) is 0 Å². The first-order valence-electron chi connectivity index (χ1n) is 11.1. The Bertz CT molecular complexity index is 961. The van der Waals surface area contributed by atoms with E-state index in [1.807, 2.05) is 49.4 Å². The molecule has 2 aromatic rings. The molecule has 0 amide bonds. The number of nitrogens with zero attached hydrogens (tertiary/aromatic N) is 2. The van der Waals surface area contributed by atoms with Crippen LogP contribution >= 0.6 is 0 Å². The molecule has 4 rings (SSSR count). The van der Waals surface area contributed by atoms with Gasteiger partial charge >= 0.3 is 5.97 Å². The average Bonchev–Trinajstić information content (AvgIpc) is 2.80. The summed E-state index contributed by atoms with van der Waals surface area (Å²) in [5, 5.41) is 19.7. The summed E-state index contributed by atoms with van der Waals surface area (Å²) in [6.45, 7) is 3.34. The molecule has 1 heterocycles. The zero-order chi connectivity index (χ0) is 22.1. The summed E-state index contributed by atoms with van der Waals surface area (Å²) in [7, 11) is 0. The lowest BCUT2D eigenvalue weighted by Crippen LogP contribution is -2.59. The monoisotopic (exact) mass is 420 g/mol. The number of likely N-dealkylation sites (tertiary alicyclic amines) is 1. The van der Waals surface area contributed by atoms with Crippen molar-refractivity contribution < 1.29 is 14.3 Å². The van der Waals surface area contributed by atoms with E-state index in [2.05, 4.69) is 11.0 Å². The summed E-state index contributed by atoms with van der Waals surface area (Å²) in [4.78, 5) is 15.0. The van der Waals surface area contributed by atoms with Crippen molar-refractivity contribution in [3.8, 4) is 6.07 Å². The van der Waals surface area contributed by atoms with Gasteiger partial charge in [0.2, 0.25) is 0 Å². The van der Waals surface area contributed by atoms with Crippen molar-refractivity contribution in [2.45, 2.75) is 50.0 Å². The maximum Gasteiger partial charge on any atom is 0.314 e. The van der Waals surface area contributed by atoms with Gasteiger partial charge in [0, 0.05) is 24.5 Å². The molecule has 2 aliphatic rings. The van der Waals surface area contributed by atoms with E-state index in [9.17, 15) is 19.6 Å². The number of piperidine rings is 1. The number of nitriles is 1. The summed E-state index contributed by atoms with van der Waals surface area (Å²) < 4.78 is 13.7. The first-order valence-corrected chi connectivity index (χ1v) is 11.1. The van der Waals surface area contributed by atoms with Crippen molar-refractivity contribution in [3.05, 3.63) is 71.5 Å². The first-order chi connectivity index (χ1) is 14.9. The molecule has 0 radical (unpaired) electrons. The van der Waals surface area contributed by atoms with Crippen LogP contribution in [0.25, 0.3) is 0 Å². The smallest absolute Gasteiger partial charge is 0.314 e. The van der Waals surface area contributed by atoms with Gasteiger partial charge in [-0.1, -0.05) is 49.4 Å². The average molecular weight is 421 g/mol. The van der Waals surface area contributed by atoms with Crippen LogP contribution in [0.3, 0.4) is 0 Å². The summed E-state index contributed by atoms with van der Waals surface area (Å²) >= 11 is 0. The van der Waals surface area contributed by atoms with Crippen molar-refractivity contribution in [1.82, 2.24) is 4.90 Å². The molecule has 0 aromatic heterocycles. The first kappa shape index (κ1) is 21.5. The molecule has 1 aliphatic heterocycles. The third kappa shape index (κ3) is 3.64. The summed E-state index contributed by atoms with van der Waals surface area (Å²) in [5.41, 5.74) is 0.737. The maximum atomic E-state index is 13.7. The Morgan fingerprint density at radius 2 is 1.71 bits per heavy atom. The molecule has 162 valence electrons. The number of hydrogen-bond acceptors (Lipinski definition) is 3. The molecular weight excluding hydrogens is 391 g/mol. The quantitative estimate of drug-likeness (QED) is 0.747. The lowest BCUT2D eigenvalue weighted by molar-refractivity contribution is -0.150. The molecule has 0 unspecified atom stereocenters. The van der Waals surface area contributed by atoms with E-state index in [4.69, 9.17) is 0 Å². The van der Waals surface area contributed by atoms with E-state index >= 15 is 0 Å². The molecule has 5 heteroatoms. The molecule has 1 saturated heterocycles. The molecule has 2 atom stereocenters. The largest absolute Gasteiger partial charge is 0.481 e. The van der Waals surface area contributed by atoms with Gasteiger partial charge in [-0.05, 0) is 61.3 Å². The number of hydrogen-bond donors (Lipinski definition) is 1. The Hall–Kier alpha value is -2.71. The van der Waals surface area contributed by atoms with Crippen molar-refractivity contribution in [3.63, 3.8) is 0 Å². The van der Waals surface area contributed by atoms with E-state index in [-0.39, 0.29) is 23.2 Å². The molecule has 1 aliphatic carbocycles. The normalized spacial score (nSPS) is 31.6. The third-order valence-corrected chi connectivity index (χ3v) is 7.76. The van der Waals surface area contributed by atoms with Gasteiger partial charge in [0.15, 0.2) is 0 Å². The van der Waals surface area contributed by atoms with Gasteiger partial charge in [0.25, 0.3) is 0 Å². The number of carboxylic acids is 1. The predicted octanol–water partition coefficient (Wildman–Crippen LogP) is 5.10. The highest BCUT2D eigenvalue weighted by Crippen LogP contribution is 2.49.